The first kappa shape index (κ1) is 21.2. The van der Waals surface area contributed by atoms with Gasteiger partial charge in [0.1, 0.15) is 6.29 Å². The van der Waals surface area contributed by atoms with E-state index in [9.17, 15) is 9.36 Å². The normalized spacial score (nSPS) is 12.2. The molecule has 0 saturated heterocycles. The Kier molecular flexibility index (Phi) is 7.12. The van der Waals surface area contributed by atoms with Gasteiger partial charge in [0.2, 0.25) is 0 Å². The monoisotopic (exact) mass is 417 g/mol. The zero-order chi connectivity index (χ0) is 19.5. The van der Waals surface area contributed by atoms with E-state index >= 15 is 0 Å². The van der Waals surface area contributed by atoms with Gasteiger partial charge >= 0.3 is 7.60 Å². The maximum absolute atomic E-state index is 13.0. The Balaban J connectivity index is 2.34. The van der Waals surface area contributed by atoms with Crippen molar-refractivity contribution in [3.05, 3.63) is 56.9 Å². The third-order valence-electron chi connectivity index (χ3n) is 3.31. The molecule has 5 nitrogen and oxygen atoms in total. The highest BCUT2D eigenvalue weighted by Gasteiger charge is 2.28. The van der Waals surface area contributed by atoms with Gasteiger partial charge in [-0.05, 0) is 51.5 Å². The van der Waals surface area contributed by atoms with Crippen LogP contribution in [0.4, 0.5) is 0 Å². The fraction of sp³-hybridized carbons (Fsp3) is 0.389. The molecule has 0 N–H and O–H groups in total. The molecule has 0 amide bonds. The number of hydrogen-bond donors (Lipinski definition) is 0. The van der Waals surface area contributed by atoms with Crippen LogP contribution in [0.25, 0.3) is 11.1 Å². The molecular formula is C18H22Cl2NO4P. The Labute approximate surface area is 163 Å². The molecule has 0 aliphatic heterocycles. The van der Waals surface area contributed by atoms with Crippen LogP contribution in [0.5, 0.6) is 0 Å². The van der Waals surface area contributed by atoms with Crippen molar-refractivity contribution >= 4 is 30.8 Å². The first-order valence-electron chi connectivity index (χ1n) is 8.21. The van der Waals surface area contributed by atoms with Crippen molar-refractivity contribution in [2.75, 3.05) is 0 Å². The lowest BCUT2D eigenvalue weighted by Gasteiger charge is -2.23. The SMILES string of the molecule is CC(C)OP(=O)(Cn1ccc(-c2ccc(Cl)cc2Cl)cc1=O)OC(C)C. The molecule has 8 heteroatoms. The van der Waals surface area contributed by atoms with Gasteiger partial charge in [-0.1, -0.05) is 29.3 Å². The lowest BCUT2D eigenvalue weighted by molar-refractivity contribution is 0.138. The zero-order valence-electron chi connectivity index (χ0n) is 15.1. The molecule has 0 aliphatic carbocycles. The summed E-state index contributed by atoms with van der Waals surface area (Å²) in [6, 6.07) is 8.23. The smallest absolute Gasteiger partial charge is 0.305 e. The molecular weight excluding hydrogens is 396 g/mol. The third-order valence-corrected chi connectivity index (χ3v) is 5.99. The fourth-order valence-corrected chi connectivity index (χ4v) is 5.03. The van der Waals surface area contributed by atoms with Crippen LogP contribution in [0.3, 0.4) is 0 Å². The molecule has 0 atom stereocenters. The highest BCUT2D eigenvalue weighted by atomic mass is 35.5. The van der Waals surface area contributed by atoms with E-state index in [1.165, 1.54) is 10.6 Å². The number of hydrogen-bond acceptors (Lipinski definition) is 4. The Hall–Kier alpha value is -1.10. The molecule has 0 aliphatic rings. The van der Waals surface area contributed by atoms with E-state index in [0.717, 1.165) is 0 Å². The molecule has 2 aromatic rings. The zero-order valence-corrected chi connectivity index (χ0v) is 17.5. The van der Waals surface area contributed by atoms with Crippen LogP contribution >= 0.6 is 30.8 Å². The van der Waals surface area contributed by atoms with Gasteiger partial charge in [0, 0.05) is 27.9 Å². The van der Waals surface area contributed by atoms with Gasteiger partial charge in [-0.25, -0.2) is 0 Å². The summed E-state index contributed by atoms with van der Waals surface area (Å²) in [5.41, 5.74) is 1.02. The van der Waals surface area contributed by atoms with E-state index < -0.39 is 7.60 Å². The van der Waals surface area contributed by atoms with E-state index in [4.69, 9.17) is 32.2 Å². The molecule has 142 valence electrons. The van der Waals surface area contributed by atoms with Crippen LogP contribution < -0.4 is 5.56 Å². The largest absolute Gasteiger partial charge is 0.350 e. The van der Waals surface area contributed by atoms with Crippen LogP contribution in [0.15, 0.2) is 41.3 Å². The van der Waals surface area contributed by atoms with E-state index in [0.29, 0.717) is 21.2 Å². The van der Waals surface area contributed by atoms with E-state index in [2.05, 4.69) is 0 Å². The number of nitrogens with zero attached hydrogens (tertiary/aromatic N) is 1. The molecule has 1 aromatic carbocycles. The van der Waals surface area contributed by atoms with E-state index in [-0.39, 0.29) is 24.1 Å². The minimum absolute atomic E-state index is 0.156. The van der Waals surface area contributed by atoms with Crippen LogP contribution in [0.2, 0.25) is 10.0 Å². The number of halogens is 2. The van der Waals surface area contributed by atoms with Gasteiger partial charge in [0.05, 0.1) is 12.2 Å². The van der Waals surface area contributed by atoms with Gasteiger partial charge in [-0.3, -0.25) is 9.36 Å². The molecule has 2 rings (SSSR count). The molecule has 0 radical (unpaired) electrons. The van der Waals surface area contributed by atoms with Gasteiger partial charge in [-0.15, -0.1) is 0 Å². The summed E-state index contributed by atoms with van der Waals surface area (Å²) in [4.78, 5) is 12.5. The minimum Gasteiger partial charge on any atom is -0.305 e. The Morgan fingerprint density at radius 1 is 1.04 bits per heavy atom. The third kappa shape index (κ3) is 5.70. The summed E-state index contributed by atoms with van der Waals surface area (Å²) in [7, 11) is -3.46. The summed E-state index contributed by atoms with van der Waals surface area (Å²) in [6.07, 6.45) is 0.823. The average molecular weight is 418 g/mol. The molecule has 0 fully saturated rings. The molecule has 1 aromatic heterocycles. The van der Waals surface area contributed by atoms with Crippen molar-refractivity contribution in [1.82, 2.24) is 4.57 Å². The van der Waals surface area contributed by atoms with Crippen molar-refractivity contribution in [3.63, 3.8) is 0 Å². The summed E-state index contributed by atoms with van der Waals surface area (Å²) in [6.45, 7) is 7.07. The van der Waals surface area contributed by atoms with Crippen molar-refractivity contribution in [1.29, 1.82) is 0 Å². The molecule has 0 unspecified atom stereocenters. The highest BCUT2D eigenvalue weighted by molar-refractivity contribution is 7.52. The lowest BCUT2D eigenvalue weighted by Crippen LogP contribution is -2.21. The van der Waals surface area contributed by atoms with Gasteiger partial charge in [0.15, 0.2) is 0 Å². The second kappa shape index (κ2) is 8.73. The standard InChI is InChI=1S/C18H22Cl2NO4P/c1-12(2)24-26(23,25-13(3)4)11-21-8-7-14(9-18(21)22)16-6-5-15(19)10-17(16)20/h5-10,12-13H,11H2,1-4H3. The second-order valence-corrected chi connectivity index (χ2v) is 9.18. The van der Waals surface area contributed by atoms with E-state index in [1.807, 2.05) is 0 Å². The summed E-state index contributed by atoms with van der Waals surface area (Å²) < 4.78 is 25.3. The molecule has 0 spiro atoms. The maximum Gasteiger partial charge on any atom is 0.350 e. The highest BCUT2D eigenvalue weighted by Crippen LogP contribution is 2.51. The summed E-state index contributed by atoms with van der Waals surface area (Å²) in [5, 5.41) is 0.969. The van der Waals surface area contributed by atoms with Crippen LogP contribution in [-0.2, 0) is 19.9 Å². The Morgan fingerprint density at radius 2 is 1.65 bits per heavy atom. The average Bonchev–Trinajstić information content (AvgIpc) is 2.47. The van der Waals surface area contributed by atoms with Crippen molar-refractivity contribution in [2.45, 2.75) is 46.2 Å². The predicted octanol–water partition coefficient (Wildman–Crippen LogP) is 5.82. The molecule has 0 saturated carbocycles. The summed E-state index contributed by atoms with van der Waals surface area (Å²) >= 11 is 12.1. The Bertz CT molecular complexity index is 866. The molecule has 26 heavy (non-hydrogen) atoms. The van der Waals surface area contributed by atoms with Crippen LogP contribution in [0.1, 0.15) is 27.7 Å². The number of pyridine rings is 1. The predicted molar refractivity (Wildman–Crippen MR) is 106 cm³/mol. The maximum atomic E-state index is 13.0. The van der Waals surface area contributed by atoms with Crippen molar-refractivity contribution in [2.24, 2.45) is 0 Å². The van der Waals surface area contributed by atoms with Crippen LogP contribution in [0, 0.1) is 0 Å². The minimum atomic E-state index is -3.46. The summed E-state index contributed by atoms with van der Waals surface area (Å²) in [5.74, 6) is 0. The van der Waals surface area contributed by atoms with E-state index in [1.54, 1.807) is 58.2 Å². The van der Waals surface area contributed by atoms with Gasteiger partial charge < -0.3 is 13.6 Å². The fourth-order valence-electron chi connectivity index (χ4n) is 2.44. The van der Waals surface area contributed by atoms with Gasteiger partial charge in [0.25, 0.3) is 5.56 Å². The van der Waals surface area contributed by atoms with Crippen molar-refractivity contribution < 1.29 is 13.6 Å². The number of rotatable bonds is 7. The number of benzene rings is 1. The first-order chi connectivity index (χ1) is 12.1. The number of aromatic nitrogens is 1. The van der Waals surface area contributed by atoms with Crippen molar-refractivity contribution in [3.8, 4) is 11.1 Å². The Morgan fingerprint density at radius 3 is 2.15 bits per heavy atom. The van der Waals surface area contributed by atoms with Crippen LogP contribution in [-0.4, -0.2) is 16.8 Å². The quantitative estimate of drug-likeness (QED) is 0.532. The topological polar surface area (TPSA) is 57.5 Å². The van der Waals surface area contributed by atoms with Gasteiger partial charge in [-0.2, -0.15) is 0 Å². The molecule has 1 heterocycles. The molecule has 0 bridgehead atoms. The first-order valence-corrected chi connectivity index (χ1v) is 10.7. The lowest BCUT2D eigenvalue weighted by atomic mass is 10.1. The second-order valence-electron chi connectivity index (χ2n) is 6.41.